The summed E-state index contributed by atoms with van der Waals surface area (Å²) in [4.78, 5) is 13.8. The van der Waals surface area contributed by atoms with Crippen molar-refractivity contribution in [3.05, 3.63) is 29.8 Å². The van der Waals surface area contributed by atoms with Crippen molar-refractivity contribution in [3.63, 3.8) is 0 Å². The molecule has 4 heteroatoms. The van der Waals surface area contributed by atoms with Crippen LogP contribution in [0.25, 0.3) is 0 Å². The summed E-state index contributed by atoms with van der Waals surface area (Å²) in [6.07, 6.45) is 1.73. The predicted molar refractivity (Wildman–Crippen MR) is 75.9 cm³/mol. The van der Waals surface area contributed by atoms with E-state index in [9.17, 15) is 4.79 Å². The van der Waals surface area contributed by atoms with Crippen LogP contribution in [0.3, 0.4) is 0 Å². The van der Waals surface area contributed by atoms with Crippen LogP contribution in [0.15, 0.2) is 24.3 Å². The Labute approximate surface area is 109 Å². The van der Waals surface area contributed by atoms with E-state index in [0.29, 0.717) is 19.6 Å². The molecule has 1 aromatic carbocycles. The molecule has 0 aliphatic rings. The van der Waals surface area contributed by atoms with Gasteiger partial charge in [0.15, 0.2) is 0 Å². The van der Waals surface area contributed by atoms with Gasteiger partial charge in [0.2, 0.25) is 0 Å². The van der Waals surface area contributed by atoms with Crippen LogP contribution in [0.4, 0.5) is 10.5 Å². The van der Waals surface area contributed by atoms with Gasteiger partial charge in [0, 0.05) is 18.8 Å². The van der Waals surface area contributed by atoms with Gasteiger partial charge in [-0.3, -0.25) is 4.90 Å². The summed E-state index contributed by atoms with van der Waals surface area (Å²) in [5, 5.41) is 2.90. The van der Waals surface area contributed by atoms with Crippen molar-refractivity contribution >= 4 is 11.7 Å². The number of hydrogen-bond donors (Lipinski definition) is 2. The second-order valence-electron chi connectivity index (χ2n) is 4.36. The van der Waals surface area contributed by atoms with Crippen molar-refractivity contribution in [1.29, 1.82) is 0 Å². The highest BCUT2D eigenvalue weighted by Crippen LogP contribution is 2.15. The average Bonchev–Trinajstić information content (AvgIpc) is 2.38. The lowest BCUT2D eigenvalue weighted by Gasteiger charge is -2.23. The van der Waals surface area contributed by atoms with Crippen LogP contribution in [-0.2, 0) is 0 Å². The van der Waals surface area contributed by atoms with Crippen molar-refractivity contribution < 1.29 is 4.79 Å². The number of nitrogens with two attached hydrogens (primary N) is 1. The van der Waals surface area contributed by atoms with Crippen molar-refractivity contribution in [2.24, 2.45) is 5.73 Å². The van der Waals surface area contributed by atoms with E-state index in [1.165, 1.54) is 5.56 Å². The maximum atomic E-state index is 12.1. The van der Waals surface area contributed by atoms with E-state index in [1.54, 1.807) is 4.90 Å². The Morgan fingerprint density at radius 3 is 2.56 bits per heavy atom. The van der Waals surface area contributed by atoms with Crippen molar-refractivity contribution in [2.45, 2.75) is 26.7 Å². The van der Waals surface area contributed by atoms with Gasteiger partial charge in [-0.1, -0.05) is 24.6 Å². The summed E-state index contributed by atoms with van der Waals surface area (Å²) in [5.74, 6) is 0. The molecule has 4 nitrogen and oxygen atoms in total. The van der Waals surface area contributed by atoms with Crippen LogP contribution in [-0.4, -0.2) is 25.7 Å². The van der Waals surface area contributed by atoms with E-state index in [1.807, 2.05) is 38.1 Å². The first-order valence-electron chi connectivity index (χ1n) is 6.51. The van der Waals surface area contributed by atoms with Crippen LogP contribution < -0.4 is 16.0 Å². The molecule has 2 amide bonds. The molecular weight excluding hydrogens is 226 g/mol. The van der Waals surface area contributed by atoms with Gasteiger partial charge in [-0.05, 0) is 38.4 Å². The molecule has 18 heavy (non-hydrogen) atoms. The van der Waals surface area contributed by atoms with Gasteiger partial charge in [0.25, 0.3) is 0 Å². The molecule has 0 aliphatic carbocycles. The van der Waals surface area contributed by atoms with Gasteiger partial charge >= 0.3 is 6.03 Å². The van der Waals surface area contributed by atoms with Crippen LogP contribution in [0, 0.1) is 6.92 Å². The second kappa shape index (κ2) is 7.71. The fourth-order valence-corrected chi connectivity index (χ4v) is 1.65. The molecule has 0 bridgehead atoms. The Balaban J connectivity index is 2.76. The summed E-state index contributed by atoms with van der Waals surface area (Å²) in [7, 11) is 0. The van der Waals surface area contributed by atoms with Gasteiger partial charge in [-0.15, -0.1) is 0 Å². The number of aryl methyl sites for hydroxylation is 1. The van der Waals surface area contributed by atoms with Crippen LogP contribution in [0.5, 0.6) is 0 Å². The molecule has 100 valence electrons. The molecule has 0 saturated heterocycles. The van der Waals surface area contributed by atoms with E-state index in [0.717, 1.165) is 18.5 Å². The zero-order valence-electron chi connectivity index (χ0n) is 11.3. The topological polar surface area (TPSA) is 58.4 Å². The SMILES string of the molecule is CCCNC(=O)N(CCCN)c1ccc(C)cc1. The van der Waals surface area contributed by atoms with Crippen molar-refractivity contribution in [2.75, 3.05) is 24.5 Å². The highest BCUT2D eigenvalue weighted by molar-refractivity contribution is 5.91. The monoisotopic (exact) mass is 249 g/mol. The number of carbonyl (C=O) groups excluding carboxylic acids is 1. The van der Waals surface area contributed by atoms with Crippen molar-refractivity contribution in [3.8, 4) is 0 Å². The Bertz CT molecular complexity index is 362. The summed E-state index contributed by atoms with van der Waals surface area (Å²) in [5.41, 5.74) is 7.63. The van der Waals surface area contributed by atoms with Crippen LogP contribution in [0.1, 0.15) is 25.3 Å². The first-order chi connectivity index (χ1) is 8.69. The first-order valence-corrected chi connectivity index (χ1v) is 6.51. The minimum atomic E-state index is -0.0471. The Morgan fingerprint density at radius 2 is 2.00 bits per heavy atom. The van der Waals surface area contributed by atoms with E-state index in [4.69, 9.17) is 5.73 Å². The highest BCUT2D eigenvalue weighted by Gasteiger charge is 2.13. The Hall–Kier alpha value is -1.55. The van der Waals surface area contributed by atoms with Gasteiger partial charge in [-0.25, -0.2) is 4.79 Å². The summed E-state index contributed by atoms with van der Waals surface area (Å²) in [6.45, 7) is 6.00. The lowest BCUT2D eigenvalue weighted by Crippen LogP contribution is -2.41. The molecule has 0 aliphatic heterocycles. The molecule has 1 aromatic rings. The average molecular weight is 249 g/mol. The van der Waals surface area contributed by atoms with E-state index in [2.05, 4.69) is 5.32 Å². The zero-order chi connectivity index (χ0) is 13.4. The number of amides is 2. The summed E-state index contributed by atoms with van der Waals surface area (Å²) >= 11 is 0. The number of nitrogens with one attached hydrogen (secondary N) is 1. The predicted octanol–water partition coefficient (Wildman–Crippen LogP) is 2.27. The second-order valence-corrected chi connectivity index (χ2v) is 4.36. The molecule has 3 N–H and O–H groups in total. The maximum Gasteiger partial charge on any atom is 0.321 e. The standard InChI is InChI=1S/C14H23N3O/c1-3-10-16-14(18)17(11-4-9-15)13-7-5-12(2)6-8-13/h5-8H,3-4,9-11,15H2,1-2H3,(H,16,18). The molecular formula is C14H23N3O. The van der Waals surface area contributed by atoms with E-state index >= 15 is 0 Å². The molecule has 0 atom stereocenters. The third-order valence-corrected chi connectivity index (χ3v) is 2.70. The maximum absolute atomic E-state index is 12.1. The number of rotatable bonds is 6. The molecule has 0 aromatic heterocycles. The zero-order valence-corrected chi connectivity index (χ0v) is 11.3. The molecule has 1 rings (SSSR count). The smallest absolute Gasteiger partial charge is 0.321 e. The fraction of sp³-hybridized carbons (Fsp3) is 0.500. The van der Waals surface area contributed by atoms with Crippen LogP contribution in [0.2, 0.25) is 0 Å². The van der Waals surface area contributed by atoms with Gasteiger partial charge < -0.3 is 11.1 Å². The minimum Gasteiger partial charge on any atom is -0.338 e. The summed E-state index contributed by atoms with van der Waals surface area (Å²) in [6, 6.07) is 7.92. The third-order valence-electron chi connectivity index (χ3n) is 2.70. The molecule has 0 saturated carbocycles. The Morgan fingerprint density at radius 1 is 1.33 bits per heavy atom. The van der Waals surface area contributed by atoms with Gasteiger partial charge in [-0.2, -0.15) is 0 Å². The number of nitrogens with zero attached hydrogens (tertiary/aromatic N) is 1. The van der Waals surface area contributed by atoms with Crippen molar-refractivity contribution in [1.82, 2.24) is 5.32 Å². The van der Waals surface area contributed by atoms with Crippen LogP contribution >= 0.6 is 0 Å². The third kappa shape index (κ3) is 4.37. The fourth-order valence-electron chi connectivity index (χ4n) is 1.65. The largest absolute Gasteiger partial charge is 0.338 e. The summed E-state index contributed by atoms with van der Waals surface area (Å²) < 4.78 is 0. The molecule has 0 spiro atoms. The van der Waals surface area contributed by atoms with Gasteiger partial charge in [0.1, 0.15) is 0 Å². The lowest BCUT2D eigenvalue weighted by atomic mass is 10.2. The molecule has 0 heterocycles. The normalized spacial score (nSPS) is 10.2. The quantitative estimate of drug-likeness (QED) is 0.812. The number of urea groups is 1. The first kappa shape index (κ1) is 14.5. The minimum absolute atomic E-state index is 0.0471. The molecule has 0 radical (unpaired) electrons. The lowest BCUT2D eigenvalue weighted by molar-refractivity contribution is 0.246. The van der Waals surface area contributed by atoms with Gasteiger partial charge in [0.05, 0.1) is 0 Å². The van der Waals surface area contributed by atoms with E-state index in [-0.39, 0.29) is 6.03 Å². The number of carbonyl (C=O) groups is 1. The number of hydrogen-bond acceptors (Lipinski definition) is 2. The Kier molecular flexibility index (Phi) is 6.22. The molecule has 0 fully saturated rings. The van der Waals surface area contributed by atoms with E-state index < -0.39 is 0 Å². The number of anilines is 1. The highest BCUT2D eigenvalue weighted by atomic mass is 16.2. The molecule has 0 unspecified atom stereocenters. The number of benzene rings is 1.